The molecule has 0 radical (unpaired) electrons. The summed E-state index contributed by atoms with van der Waals surface area (Å²) in [6.07, 6.45) is 6.14. The van der Waals surface area contributed by atoms with Crippen LogP contribution in [0.25, 0.3) is 0 Å². The Labute approximate surface area is 132 Å². The van der Waals surface area contributed by atoms with Crippen molar-refractivity contribution in [2.75, 3.05) is 13.6 Å². The molecule has 2 heterocycles. The number of fused-ring (bicyclic) bond motifs is 1. The lowest BCUT2D eigenvalue weighted by Crippen LogP contribution is -2.47. The first kappa shape index (κ1) is 15.3. The van der Waals surface area contributed by atoms with Gasteiger partial charge in [0, 0.05) is 32.0 Å². The zero-order valence-electron chi connectivity index (χ0n) is 14.0. The van der Waals surface area contributed by atoms with Crippen molar-refractivity contribution in [3.05, 3.63) is 11.6 Å². The normalized spacial score (nSPS) is 21.8. The van der Waals surface area contributed by atoms with Gasteiger partial charge in [0.25, 0.3) is 0 Å². The van der Waals surface area contributed by atoms with E-state index in [4.69, 9.17) is 0 Å². The van der Waals surface area contributed by atoms with Crippen molar-refractivity contribution in [1.82, 2.24) is 25.4 Å². The molecule has 2 N–H and O–H groups in total. The number of aryl methyl sites for hydroxylation is 1. The van der Waals surface area contributed by atoms with E-state index in [2.05, 4.69) is 44.2 Å². The molecule has 1 aliphatic carbocycles. The van der Waals surface area contributed by atoms with E-state index >= 15 is 0 Å². The maximum Gasteiger partial charge on any atom is 0.191 e. The zero-order chi connectivity index (χ0) is 15.5. The van der Waals surface area contributed by atoms with Crippen LogP contribution in [0.4, 0.5) is 0 Å². The molecule has 0 aromatic carbocycles. The lowest BCUT2D eigenvalue weighted by atomic mass is 10.1. The van der Waals surface area contributed by atoms with Crippen molar-refractivity contribution in [3.63, 3.8) is 0 Å². The van der Waals surface area contributed by atoms with Crippen LogP contribution in [0.1, 0.15) is 57.1 Å². The molecule has 6 nitrogen and oxygen atoms in total. The second kappa shape index (κ2) is 6.67. The third kappa shape index (κ3) is 3.78. The van der Waals surface area contributed by atoms with Gasteiger partial charge >= 0.3 is 0 Å². The minimum absolute atomic E-state index is 0.376. The molecule has 1 unspecified atom stereocenters. The second-order valence-corrected chi connectivity index (χ2v) is 6.83. The molecule has 1 atom stereocenters. The van der Waals surface area contributed by atoms with Crippen LogP contribution in [0.3, 0.4) is 0 Å². The van der Waals surface area contributed by atoms with Gasteiger partial charge < -0.3 is 10.6 Å². The number of aliphatic imine (C=N–C) groups is 1. The van der Waals surface area contributed by atoms with Gasteiger partial charge in [-0.2, -0.15) is 5.10 Å². The average Bonchev–Trinajstić information content (AvgIpc) is 3.22. The Balaban J connectivity index is 1.51. The van der Waals surface area contributed by atoms with Crippen LogP contribution in [0, 0.1) is 5.92 Å². The van der Waals surface area contributed by atoms with E-state index in [9.17, 15) is 0 Å². The summed E-state index contributed by atoms with van der Waals surface area (Å²) < 4.78 is 2.06. The van der Waals surface area contributed by atoms with Crippen LogP contribution < -0.4 is 10.6 Å². The van der Waals surface area contributed by atoms with Crippen molar-refractivity contribution in [2.45, 2.75) is 64.5 Å². The van der Waals surface area contributed by atoms with E-state index in [1.54, 1.807) is 0 Å². The predicted octanol–water partition coefficient (Wildman–Crippen LogP) is 1.68. The highest BCUT2D eigenvalue weighted by Crippen LogP contribution is 2.31. The summed E-state index contributed by atoms with van der Waals surface area (Å²) >= 11 is 0. The molecule has 1 aromatic rings. The van der Waals surface area contributed by atoms with Gasteiger partial charge in [0.15, 0.2) is 11.8 Å². The number of hydrogen-bond acceptors (Lipinski definition) is 3. The van der Waals surface area contributed by atoms with Crippen LogP contribution in [0.5, 0.6) is 0 Å². The van der Waals surface area contributed by atoms with Gasteiger partial charge in [-0.25, -0.2) is 9.67 Å². The maximum absolute atomic E-state index is 4.64. The van der Waals surface area contributed by atoms with Crippen LogP contribution in [-0.4, -0.2) is 40.4 Å². The Morgan fingerprint density at radius 2 is 2.18 bits per heavy atom. The number of guanidine groups is 1. The van der Waals surface area contributed by atoms with Crippen molar-refractivity contribution < 1.29 is 0 Å². The van der Waals surface area contributed by atoms with Gasteiger partial charge in [0.05, 0.1) is 6.54 Å². The Morgan fingerprint density at radius 1 is 1.36 bits per heavy atom. The number of rotatable bonds is 5. The van der Waals surface area contributed by atoms with Crippen molar-refractivity contribution >= 4 is 5.96 Å². The van der Waals surface area contributed by atoms with Crippen molar-refractivity contribution in [3.8, 4) is 0 Å². The summed E-state index contributed by atoms with van der Waals surface area (Å²) in [5.41, 5.74) is 0. The average molecular weight is 304 g/mol. The minimum atomic E-state index is 0.376. The number of nitrogens with zero attached hydrogens (tertiary/aromatic N) is 4. The van der Waals surface area contributed by atoms with Gasteiger partial charge in [-0.3, -0.25) is 4.99 Å². The fourth-order valence-corrected chi connectivity index (χ4v) is 2.88. The standard InChI is InChI=1S/C16H28N6/c1-11(2)15-20-14-7-6-13(10-22(14)21-15)19-16(17-3)18-9-8-12-4-5-12/h11-13H,4-10H2,1-3H3,(H2,17,18,19). The van der Waals surface area contributed by atoms with Gasteiger partial charge in [0.2, 0.25) is 0 Å². The van der Waals surface area contributed by atoms with Crippen LogP contribution in [0.2, 0.25) is 0 Å². The Kier molecular flexibility index (Phi) is 4.64. The summed E-state index contributed by atoms with van der Waals surface area (Å²) in [6.45, 7) is 6.17. The molecular formula is C16H28N6. The molecule has 0 spiro atoms. The van der Waals surface area contributed by atoms with E-state index < -0.39 is 0 Å². The number of hydrogen-bond donors (Lipinski definition) is 2. The third-order valence-electron chi connectivity index (χ3n) is 4.50. The highest BCUT2D eigenvalue weighted by atomic mass is 15.4. The highest BCUT2D eigenvalue weighted by Gasteiger charge is 2.23. The highest BCUT2D eigenvalue weighted by molar-refractivity contribution is 5.79. The fourth-order valence-electron chi connectivity index (χ4n) is 2.88. The Bertz CT molecular complexity index is 529. The monoisotopic (exact) mass is 304 g/mol. The molecule has 0 amide bonds. The third-order valence-corrected chi connectivity index (χ3v) is 4.50. The largest absolute Gasteiger partial charge is 0.356 e. The first-order valence-electron chi connectivity index (χ1n) is 8.56. The molecule has 1 aliphatic heterocycles. The molecule has 22 heavy (non-hydrogen) atoms. The maximum atomic E-state index is 4.64. The van der Waals surface area contributed by atoms with E-state index in [0.29, 0.717) is 12.0 Å². The minimum Gasteiger partial charge on any atom is -0.356 e. The summed E-state index contributed by atoms with van der Waals surface area (Å²) in [6, 6.07) is 0.376. The van der Waals surface area contributed by atoms with Crippen molar-refractivity contribution in [1.29, 1.82) is 0 Å². The molecular weight excluding hydrogens is 276 g/mol. The van der Waals surface area contributed by atoms with Gasteiger partial charge in [-0.1, -0.05) is 26.7 Å². The SMILES string of the molecule is CN=C(NCCC1CC1)NC1CCc2nc(C(C)C)nn2C1. The van der Waals surface area contributed by atoms with E-state index in [1.165, 1.54) is 19.3 Å². The summed E-state index contributed by atoms with van der Waals surface area (Å²) in [5, 5.41) is 11.6. The number of aromatic nitrogens is 3. The van der Waals surface area contributed by atoms with E-state index in [1.807, 2.05) is 7.05 Å². The van der Waals surface area contributed by atoms with Crippen LogP contribution in [-0.2, 0) is 13.0 Å². The first-order chi connectivity index (χ1) is 10.7. The Hall–Kier alpha value is -1.59. The predicted molar refractivity (Wildman–Crippen MR) is 88.1 cm³/mol. The molecule has 1 saturated carbocycles. The molecule has 2 aliphatic rings. The first-order valence-corrected chi connectivity index (χ1v) is 8.56. The second-order valence-electron chi connectivity index (χ2n) is 6.83. The topological polar surface area (TPSA) is 67.1 Å². The molecule has 1 fully saturated rings. The van der Waals surface area contributed by atoms with Crippen LogP contribution in [0.15, 0.2) is 4.99 Å². The molecule has 6 heteroatoms. The summed E-state index contributed by atoms with van der Waals surface area (Å²) in [4.78, 5) is 8.98. The van der Waals surface area contributed by atoms with Crippen LogP contribution >= 0.6 is 0 Å². The van der Waals surface area contributed by atoms with Gasteiger partial charge in [-0.05, 0) is 18.8 Å². The molecule has 1 aromatic heterocycles. The molecule has 3 rings (SSSR count). The van der Waals surface area contributed by atoms with Gasteiger partial charge in [-0.15, -0.1) is 0 Å². The summed E-state index contributed by atoms with van der Waals surface area (Å²) in [7, 11) is 1.84. The van der Waals surface area contributed by atoms with E-state index in [-0.39, 0.29) is 0 Å². The summed E-state index contributed by atoms with van der Waals surface area (Å²) in [5.74, 6) is 4.34. The molecule has 122 valence electrons. The molecule has 0 saturated heterocycles. The number of nitrogens with one attached hydrogen (secondary N) is 2. The lowest BCUT2D eigenvalue weighted by molar-refractivity contribution is 0.391. The van der Waals surface area contributed by atoms with Gasteiger partial charge in [0.1, 0.15) is 5.82 Å². The van der Waals surface area contributed by atoms with Crippen molar-refractivity contribution in [2.24, 2.45) is 10.9 Å². The quantitative estimate of drug-likeness (QED) is 0.641. The zero-order valence-corrected chi connectivity index (χ0v) is 14.0. The Morgan fingerprint density at radius 3 is 2.86 bits per heavy atom. The molecule has 0 bridgehead atoms. The van der Waals surface area contributed by atoms with E-state index in [0.717, 1.165) is 49.5 Å². The fraction of sp³-hybridized carbons (Fsp3) is 0.812. The lowest BCUT2D eigenvalue weighted by Gasteiger charge is -2.25. The smallest absolute Gasteiger partial charge is 0.191 e.